The molecule has 0 aliphatic carbocycles. The lowest BCUT2D eigenvalue weighted by atomic mass is 10.1. The minimum Gasteiger partial charge on any atom is -0.366 e. The fourth-order valence-electron chi connectivity index (χ4n) is 1.87. The molecular formula is C12H16N2O2S. The maximum absolute atomic E-state index is 11.2. The molecular weight excluding hydrogens is 236 g/mol. The van der Waals surface area contributed by atoms with E-state index in [1.54, 1.807) is 12.1 Å². The lowest BCUT2D eigenvalue weighted by molar-refractivity contribution is 0.100. The molecule has 1 aliphatic rings. The van der Waals surface area contributed by atoms with E-state index in [0.717, 1.165) is 36.7 Å². The van der Waals surface area contributed by atoms with Crippen molar-refractivity contribution in [2.45, 2.75) is 6.54 Å². The summed E-state index contributed by atoms with van der Waals surface area (Å²) in [6.07, 6.45) is 0. The monoisotopic (exact) mass is 252 g/mol. The average Bonchev–Trinajstić information content (AvgIpc) is 2.33. The van der Waals surface area contributed by atoms with Crippen LogP contribution in [0.2, 0.25) is 0 Å². The zero-order chi connectivity index (χ0) is 12.3. The minimum atomic E-state index is -0.632. The van der Waals surface area contributed by atoms with Crippen LogP contribution < -0.4 is 5.73 Å². The van der Waals surface area contributed by atoms with Crippen molar-refractivity contribution in [2.24, 2.45) is 5.73 Å². The second-order valence-corrected chi connectivity index (χ2v) is 5.88. The van der Waals surface area contributed by atoms with E-state index in [0.29, 0.717) is 5.56 Å². The van der Waals surface area contributed by atoms with Crippen LogP contribution in [0, 0.1) is 0 Å². The van der Waals surface area contributed by atoms with Crippen molar-refractivity contribution >= 4 is 16.7 Å². The van der Waals surface area contributed by atoms with Crippen LogP contribution in [-0.2, 0) is 17.3 Å². The molecule has 0 bridgehead atoms. The number of amides is 1. The molecule has 1 amide bonds. The van der Waals surface area contributed by atoms with Crippen LogP contribution >= 0.6 is 0 Å². The molecule has 1 saturated heterocycles. The summed E-state index contributed by atoms with van der Waals surface area (Å²) in [6.45, 7) is 2.60. The van der Waals surface area contributed by atoms with Gasteiger partial charge in [-0.25, -0.2) is 0 Å². The van der Waals surface area contributed by atoms with Crippen LogP contribution in [0.25, 0.3) is 0 Å². The van der Waals surface area contributed by atoms with Gasteiger partial charge < -0.3 is 5.73 Å². The van der Waals surface area contributed by atoms with Gasteiger partial charge in [0.2, 0.25) is 5.91 Å². The second-order valence-electron chi connectivity index (χ2n) is 4.19. The van der Waals surface area contributed by atoms with Crippen LogP contribution in [0.3, 0.4) is 0 Å². The maximum atomic E-state index is 11.2. The maximum Gasteiger partial charge on any atom is 0.248 e. The van der Waals surface area contributed by atoms with Gasteiger partial charge in [-0.3, -0.25) is 13.9 Å². The molecule has 5 heteroatoms. The fraction of sp³-hybridized carbons (Fsp3) is 0.417. The standard InChI is InChI=1S/C12H16N2O2S/c13-12(15)11-3-1-10(2-4-11)9-14-5-7-17(16)8-6-14/h1-4H,5-9H2,(H2,13,15). The summed E-state index contributed by atoms with van der Waals surface area (Å²) in [7, 11) is -0.632. The lowest BCUT2D eigenvalue weighted by Gasteiger charge is -2.26. The Bertz CT molecular complexity index is 421. The van der Waals surface area contributed by atoms with Gasteiger partial charge >= 0.3 is 0 Å². The van der Waals surface area contributed by atoms with E-state index in [2.05, 4.69) is 4.90 Å². The Hall–Kier alpha value is -1.20. The number of carbonyl (C=O) groups excluding carboxylic acids is 1. The third-order valence-electron chi connectivity index (χ3n) is 2.92. The van der Waals surface area contributed by atoms with E-state index in [1.807, 2.05) is 12.1 Å². The molecule has 0 unspecified atom stereocenters. The van der Waals surface area contributed by atoms with Gasteiger partial charge in [0.25, 0.3) is 0 Å². The molecule has 1 heterocycles. The van der Waals surface area contributed by atoms with Crippen molar-refractivity contribution in [2.75, 3.05) is 24.6 Å². The number of rotatable bonds is 3. The minimum absolute atomic E-state index is 0.398. The zero-order valence-corrected chi connectivity index (χ0v) is 10.4. The number of carbonyl (C=O) groups is 1. The number of primary amides is 1. The molecule has 1 fully saturated rings. The highest BCUT2D eigenvalue weighted by atomic mass is 32.2. The highest BCUT2D eigenvalue weighted by Crippen LogP contribution is 2.09. The molecule has 0 saturated carbocycles. The smallest absolute Gasteiger partial charge is 0.248 e. The summed E-state index contributed by atoms with van der Waals surface area (Å²) in [4.78, 5) is 13.2. The predicted octanol–water partition coefficient (Wildman–Crippen LogP) is 0.350. The molecule has 2 N–H and O–H groups in total. The molecule has 92 valence electrons. The summed E-state index contributed by atoms with van der Waals surface area (Å²) in [5.74, 6) is 1.13. The summed E-state index contributed by atoms with van der Waals surface area (Å²) in [6, 6.07) is 7.34. The van der Waals surface area contributed by atoms with Crippen molar-refractivity contribution < 1.29 is 9.00 Å². The van der Waals surface area contributed by atoms with Gasteiger partial charge in [-0.15, -0.1) is 0 Å². The van der Waals surface area contributed by atoms with Crippen LogP contribution in [0.1, 0.15) is 15.9 Å². The summed E-state index contributed by atoms with van der Waals surface area (Å²) >= 11 is 0. The molecule has 1 aromatic rings. The van der Waals surface area contributed by atoms with Crippen molar-refractivity contribution in [1.82, 2.24) is 4.90 Å². The van der Waals surface area contributed by atoms with Gasteiger partial charge in [-0.1, -0.05) is 12.1 Å². The summed E-state index contributed by atoms with van der Waals surface area (Å²) in [5.41, 5.74) is 6.87. The van der Waals surface area contributed by atoms with E-state index in [4.69, 9.17) is 5.73 Å². The van der Waals surface area contributed by atoms with E-state index in [1.165, 1.54) is 0 Å². The average molecular weight is 252 g/mol. The Balaban J connectivity index is 1.95. The van der Waals surface area contributed by atoms with E-state index >= 15 is 0 Å². The van der Waals surface area contributed by atoms with Gasteiger partial charge in [-0.2, -0.15) is 0 Å². The van der Waals surface area contributed by atoms with Crippen LogP contribution in [-0.4, -0.2) is 39.6 Å². The Labute approximate surface area is 103 Å². The van der Waals surface area contributed by atoms with E-state index in [-0.39, 0.29) is 0 Å². The van der Waals surface area contributed by atoms with Crippen molar-refractivity contribution in [1.29, 1.82) is 0 Å². The molecule has 0 radical (unpaired) electrons. The van der Waals surface area contributed by atoms with Gasteiger partial charge in [0.15, 0.2) is 0 Å². The largest absolute Gasteiger partial charge is 0.366 e. The summed E-state index contributed by atoms with van der Waals surface area (Å²) in [5, 5.41) is 0. The predicted molar refractivity (Wildman–Crippen MR) is 68.1 cm³/mol. The number of hydrogen-bond donors (Lipinski definition) is 1. The molecule has 2 rings (SSSR count). The van der Waals surface area contributed by atoms with Crippen molar-refractivity contribution in [3.05, 3.63) is 35.4 Å². The molecule has 1 aliphatic heterocycles. The molecule has 4 nitrogen and oxygen atoms in total. The SMILES string of the molecule is NC(=O)c1ccc(CN2CCS(=O)CC2)cc1. The number of benzene rings is 1. The molecule has 0 aromatic heterocycles. The Kier molecular flexibility index (Phi) is 3.91. The fourth-order valence-corrected chi connectivity index (χ4v) is 2.99. The first-order chi connectivity index (χ1) is 8.15. The third kappa shape index (κ3) is 3.38. The van der Waals surface area contributed by atoms with E-state index < -0.39 is 16.7 Å². The zero-order valence-electron chi connectivity index (χ0n) is 9.59. The molecule has 17 heavy (non-hydrogen) atoms. The van der Waals surface area contributed by atoms with Crippen LogP contribution in [0.15, 0.2) is 24.3 Å². The molecule has 0 atom stereocenters. The number of nitrogens with two attached hydrogens (primary N) is 1. The molecule has 1 aromatic carbocycles. The van der Waals surface area contributed by atoms with Crippen LogP contribution in [0.4, 0.5) is 0 Å². The second kappa shape index (κ2) is 5.42. The molecule has 0 spiro atoms. The summed E-state index contributed by atoms with van der Waals surface area (Å²) < 4.78 is 11.2. The number of hydrogen-bond acceptors (Lipinski definition) is 3. The van der Waals surface area contributed by atoms with Crippen molar-refractivity contribution in [3.63, 3.8) is 0 Å². The Morgan fingerprint density at radius 3 is 2.35 bits per heavy atom. The van der Waals surface area contributed by atoms with Gasteiger partial charge in [0.1, 0.15) is 0 Å². The highest BCUT2D eigenvalue weighted by Gasteiger charge is 2.14. The Morgan fingerprint density at radius 1 is 1.24 bits per heavy atom. The third-order valence-corrected chi connectivity index (χ3v) is 4.19. The van der Waals surface area contributed by atoms with Gasteiger partial charge in [-0.05, 0) is 17.7 Å². The topological polar surface area (TPSA) is 63.4 Å². The normalized spacial score (nSPS) is 18.1. The quantitative estimate of drug-likeness (QED) is 0.844. The van der Waals surface area contributed by atoms with Gasteiger partial charge in [0, 0.05) is 47.5 Å². The van der Waals surface area contributed by atoms with Gasteiger partial charge in [0.05, 0.1) is 0 Å². The number of nitrogens with zero attached hydrogens (tertiary/aromatic N) is 1. The lowest BCUT2D eigenvalue weighted by Crippen LogP contribution is -2.37. The van der Waals surface area contributed by atoms with Crippen LogP contribution in [0.5, 0.6) is 0 Å². The Morgan fingerprint density at radius 2 is 1.82 bits per heavy atom. The van der Waals surface area contributed by atoms with E-state index in [9.17, 15) is 9.00 Å². The first kappa shape index (κ1) is 12.3. The highest BCUT2D eigenvalue weighted by molar-refractivity contribution is 7.85. The van der Waals surface area contributed by atoms with Crippen molar-refractivity contribution in [3.8, 4) is 0 Å². The first-order valence-electron chi connectivity index (χ1n) is 5.61. The first-order valence-corrected chi connectivity index (χ1v) is 7.10.